The fourth-order valence-electron chi connectivity index (χ4n) is 3.60. The van der Waals surface area contributed by atoms with E-state index >= 15 is 0 Å². The SMILES string of the molecule is O=C1/C(=C/c2ccco2)N=C2C(Cc3ccccc3)=NC(c3cccc([N+](=O)[O-])c3F)=CN12. The summed E-state index contributed by atoms with van der Waals surface area (Å²) >= 11 is 0. The highest BCUT2D eigenvalue weighted by molar-refractivity contribution is 6.48. The average molecular weight is 442 g/mol. The predicted octanol–water partition coefficient (Wildman–Crippen LogP) is 4.60. The van der Waals surface area contributed by atoms with E-state index in [1.165, 1.54) is 35.6 Å². The van der Waals surface area contributed by atoms with Crippen molar-refractivity contribution in [1.29, 1.82) is 0 Å². The molecule has 2 aromatic carbocycles. The Kier molecular flexibility index (Phi) is 4.98. The number of furan rings is 1. The van der Waals surface area contributed by atoms with Gasteiger partial charge in [0.15, 0.2) is 5.84 Å². The molecular weight excluding hydrogens is 427 g/mol. The minimum Gasteiger partial charge on any atom is -0.465 e. The van der Waals surface area contributed by atoms with Gasteiger partial charge in [-0.2, -0.15) is 4.39 Å². The van der Waals surface area contributed by atoms with Crippen LogP contribution in [-0.2, 0) is 11.2 Å². The second-order valence-corrected chi connectivity index (χ2v) is 7.29. The van der Waals surface area contributed by atoms with Gasteiger partial charge in [0.2, 0.25) is 5.82 Å². The third kappa shape index (κ3) is 3.76. The minimum atomic E-state index is -1.02. The van der Waals surface area contributed by atoms with Gasteiger partial charge in [0.25, 0.3) is 5.91 Å². The van der Waals surface area contributed by atoms with Gasteiger partial charge in [-0.3, -0.25) is 19.8 Å². The summed E-state index contributed by atoms with van der Waals surface area (Å²) in [7, 11) is 0. The number of nitro benzene ring substituents is 1. The molecule has 1 amide bonds. The Morgan fingerprint density at radius 1 is 1.06 bits per heavy atom. The first kappa shape index (κ1) is 20.3. The quantitative estimate of drug-likeness (QED) is 0.327. The topological polar surface area (TPSA) is 101 Å². The zero-order valence-electron chi connectivity index (χ0n) is 17.0. The molecule has 0 bridgehead atoms. The number of aliphatic imine (C=N–C) groups is 2. The second-order valence-electron chi connectivity index (χ2n) is 7.29. The third-order valence-corrected chi connectivity index (χ3v) is 5.14. The van der Waals surface area contributed by atoms with Gasteiger partial charge in [0.05, 0.1) is 22.6 Å². The molecule has 2 aliphatic heterocycles. The summed E-state index contributed by atoms with van der Waals surface area (Å²) < 4.78 is 20.2. The van der Waals surface area contributed by atoms with Crippen molar-refractivity contribution in [1.82, 2.24) is 4.90 Å². The molecule has 3 aromatic rings. The molecule has 0 saturated heterocycles. The third-order valence-electron chi connectivity index (χ3n) is 5.14. The smallest absolute Gasteiger partial charge is 0.305 e. The molecule has 0 unspecified atom stereocenters. The second kappa shape index (κ2) is 8.12. The van der Waals surface area contributed by atoms with Gasteiger partial charge in [0.1, 0.15) is 11.5 Å². The number of amides is 1. The van der Waals surface area contributed by atoms with Crippen LogP contribution in [0.2, 0.25) is 0 Å². The van der Waals surface area contributed by atoms with E-state index in [0.29, 0.717) is 23.7 Å². The summed E-state index contributed by atoms with van der Waals surface area (Å²) in [5.74, 6) is -0.686. The zero-order chi connectivity index (χ0) is 22.9. The van der Waals surface area contributed by atoms with Crippen molar-refractivity contribution in [2.24, 2.45) is 9.98 Å². The fourth-order valence-corrected chi connectivity index (χ4v) is 3.60. The summed E-state index contributed by atoms with van der Waals surface area (Å²) in [6, 6.07) is 16.6. The lowest BCUT2D eigenvalue weighted by atomic mass is 10.0. The van der Waals surface area contributed by atoms with Gasteiger partial charge in [-0.25, -0.2) is 9.98 Å². The highest BCUT2D eigenvalue weighted by Crippen LogP contribution is 2.32. The molecule has 2 aliphatic rings. The Hall–Kier alpha value is -4.66. The number of hydrogen-bond acceptors (Lipinski definition) is 6. The van der Waals surface area contributed by atoms with E-state index in [1.54, 1.807) is 12.1 Å². The number of hydrogen-bond donors (Lipinski definition) is 0. The van der Waals surface area contributed by atoms with Crippen LogP contribution in [0.3, 0.4) is 0 Å². The lowest BCUT2D eigenvalue weighted by Gasteiger charge is -2.22. The fraction of sp³-hybridized carbons (Fsp3) is 0.0417. The Labute approximate surface area is 186 Å². The normalized spacial score (nSPS) is 16.4. The molecule has 0 radical (unpaired) electrons. The van der Waals surface area contributed by atoms with E-state index in [4.69, 9.17) is 4.42 Å². The van der Waals surface area contributed by atoms with Gasteiger partial charge < -0.3 is 4.42 Å². The maximum atomic E-state index is 14.9. The molecule has 0 fully saturated rings. The molecular formula is C24H15FN4O4. The Morgan fingerprint density at radius 2 is 1.88 bits per heavy atom. The predicted molar refractivity (Wildman–Crippen MR) is 120 cm³/mol. The molecule has 0 saturated carbocycles. The maximum Gasteiger partial charge on any atom is 0.305 e. The lowest BCUT2D eigenvalue weighted by molar-refractivity contribution is -0.387. The van der Waals surface area contributed by atoms with Crippen LogP contribution in [0.1, 0.15) is 16.9 Å². The number of nitro groups is 1. The Bertz CT molecular complexity index is 1390. The van der Waals surface area contributed by atoms with Gasteiger partial charge in [-0.1, -0.05) is 36.4 Å². The van der Waals surface area contributed by atoms with E-state index < -0.39 is 22.3 Å². The van der Waals surface area contributed by atoms with Crippen molar-refractivity contribution in [2.45, 2.75) is 6.42 Å². The van der Waals surface area contributed by atoms with Crippen LogP contribution in [0.25, 0.3) is 11.8 Å². The Balaban J connectivity index is 1.62. The number of fused-ring (bicyclic) bond motifs is 1. The number of halogens is 1. The zero-order valence-corrected chi connectivity index (χ0v) is 17.0. The number of carbonyl (C=O) groups excluding carboxylic acids is 1. The summed E-state index contributed by atoms with van der Waals surface area (Å²) in [5, 5.41) is 11.2. The number of amidine groups is 1. The van der Waals surface area contributed by atoms with Crippen LogP contribution in [0, 0.1) is 15.9 Å². The molecule has 3 heterocycles. The van der Waals surface area contributed by atoms with Crippen LogP contribution in [-0.4, -0.2) is 27.3 Å². The Morgan fingerprint density at radius 3 is 2.61 bits per heavy atom. The molecule has 1 aromatic heterocycles. The van der Waals surface area contributed by atoms with Crippen LogP contribution in [0.4, 0.5) is 10.1 Å². The van der Waals surface area contributed by atoms with Crippen molar-refractivity contribution in [3.05, 3.63) is 112 Å². The van der Waals surface area contributed by atoms with E-state index in [-0.39, 0.29) is 17.0 Å². The van der Waals surface area contributed by atoms with Gasteiger partial charge >= 0.3 is 5.69 Å². The van der Waals surface area contributed by atoms with Gasteiger partial charge in [-0.05, 0) is 23.8 Å². The van der Waals surface area contributed by atoms with Crippen LogP contribution in [0.5, 0.6) is 0 Å². The minimum absolute atomic E-state index is 0.0786. The monoisotopic (exact) mass is 442 g/mol. The van der Waals surface area contributed by atoms with Crippen molar-refractivity contribution in [3.63, 3.8) is 0 Å². The summed E-state index contributed by atoms with van der Waals surface area (Å²) in [6.45, 7) is 0. The van der Waals surface area contributed by atoms with Crippen molar-refractivity contribution >= 4 is 34.9 Å². The number of rotatable bonds is 5. The van der Waals surface area contributed by atoms with Crippen LogP contribution >= 0.6 is 0 Å². The molecule has 33 heavy (non-hydrogen) atoms. The molecule has 0 N–H and O–H groups in total. The molecule has 0 atom stereocenters. The number of nitrogens with zero attached hydrogens (tertiary/aromatic N) is 4. The van der Waals surface area contributed by atoms with E-state index in [2.05, 4.69) is 9.98 Å². The van der Waals surface area contributed by atoms with Gasteiger partial charge in [-0.15, -0.1) is 0 Å². The molecule has 9 heteroatoms. The van der Waals surface area contributed by atoms with Crippen molar-refractivity contribution in [2.75, 3.05) is 0 Å². The average Bonchev–Trinajstić information content (AvgIpc) is 3.43. The number of carbonyl (C=O) groups is 1. The standard InChI is InChI=1S/C24H15FN4O4/c25-22-17(9-4-10-21(22)29(31)32)20-14-28-23(18(26-20)12-15-6-2-1-3-7-15)27-19(24(28)30)13-16-8-5-11-33-16/h1-11,13-14H,12H2/b19-13-. The summed E-state index contributed by atoms with van der Waals surface area (Å²) in [5.41, 5.74) is 0.826. The molecule has 8 nitrogen and oxygen atoms in total. The lowest BCUT2D eigenvalue weighted by Crippen LogP contribution is -2.36. The molecule has 162 valence electrons. The summed E-state index contributed by atoms with van der Waals surface area (Å²) in [6.07, 6.45) is 4.67. The number of benzene rings is 2. The highest BCUT2D eigenvalue weighted by Gasteiger charge is 2.36. The van der Waals surface area contributed by atoms with E-state index in [0.717, 1.165) is 11.6 Å². The van der Waals surface area contributed by atoms with Crippen molar-refractivity contribution < 1.29 is 18.5 Å². The maximum absolute atomic E-state index is 14.9. The molecule has 5 rings (SSSR count). The first-order valence-electron chi connectivity index (χ1n) is 9.95. The first-order chi connectivity index (χ1) is 16.0. The molecule has 0 spiro atoms. The van der Waals surface area contributed by atoms with Gasteiger partial charge in [0, 0.05) is 30.3 Å². The molecule has 0 aliphatic carbocycles. The van der Waals surface area contributed by atoms with E-state index in [9.17, 15) is 19.3 Å². The summed E-state index contributed by atoms with van der Waals surface area (Å²) in [4.78, 5) is 33.8. The van der Waals surface area contributed by atoms with Crippen LogP contribution < -0.4 is 0 Å². The largest absolute Gasteiger partial charge is 0.465 e. The van der Waals surface area contributed by atoms with E-state index in [1.807, 2.05) is 30.3 Å². The van der Waals surface area contributed by atoms with Crippen molar-refractivity contribution in [3.8, 4) is 0 Å². The highest BCUT2D eigenvalue weighted by atomic mass is 19.1. The van der Waals surface area contributed by atoms with Crippen LogP contribution in [0.15, 0.2) is 93.2 Å². The first-order valence-corrected chi connectivity index (χ1v) is 9.95.